The Bertz CT molecular complexity index is 488. The van der Waals surface area contributed by atoms with Crippen molar-refractivity contribution < 1.29 is 13.4 Å². The minimum atomic E-state index is -1.21. The Hall–Kier alpha value is -1.49. The number of hydrogen-bond acceptors (Lipinski definition) is 2. The van der Waals surface area contributed by atoms with Gasteiger partial charge < -0.3 is 4.90 Å². The fourth-order valence-electron chi connectivity index (χ4n) is 1.48. The maximum absolute atomic E-state index is 13.4. The number of amides is 1. The van der Waals surface area contributed by atoms with Crippen LogP contribution in [-0.4, -0.2) is 33.6 Å². The van der Waals surface area contributed by atoms with Crippen molar-refractivity contribution in [3.63, 3.8) is 0 Å². The van der Waals surface area contributed by atoms with Gasteiger partial charge in [-0.25, -0.2) is 4.39 Å². The molecular formula is C14H18FNO2S. The fourth-order valence-corrected chi connectivity index (χ4v) is 2.50. The minimum absolute atomic E-state index is 0.0324. The summed E-state index contributed by atoms with van der Waals surface area (Å²) >= 11 is 0. The summed E-state index contributed by atoms with van der Waals surface area (Å²) in [6.45, 7) is 2.02. The van der Waals surface area contributed by atoms with Gasteiger partial charge in [-0.3, -0.25) is 9.00 Å². The van der Waals surface area contributed by atoms with Crippen LogP contribution in [0.25, 0.3) is 0 Å². The highest BCUT2D eigenvalue weighted by molar-refractivity contribution is 7.85. The number of nitrogens with zero attached hydrogens (tertiary/aromatic N) is 1. The van der Waals surface area contributed by atoms with E-state index in [1.807, 2.05) is 6.92 Å². The molecule has 0 unspecified atom stereocenters. The standard InChI is InChI=1S/C14H18FNO2S/c1-3-4-9-19(18)11-14(17)16(2)10-12-7-5-6-8-13(12)15/h3-8H,9-11H2,1-2H3/b4-3+/t19-/m1/s1. The van der Waals surface area contributed by atoms with E-state index in [0.29, 0.717) is 11.3 Å². The number of allylic oxidation sites excluding steroid dienone is 1. The summed E-state index contributed by atoms with van der Waals surface area (Å²) in [6, 6.07) is 6.32. The summed E-state index contributed by atoms with van der Waals surface area (Å²) in [5.74, 6) is -0.242. The van der Waals surface area contributed by atoms with Crippen LogP contribution < -0.4 is 0 Å². The number of hydrogen-bond donors (Lipinski definition) is 0. The molecule has 0 saturated carbocycles. The molecule has 1 atom stereocenters. The van der Waals surface area contributed by atoms with Gasteiger partial charge in [-0.05, 0) is 13.0 Å². The van der Waals surface area contributed by atoms with Crippen LogP contribution in [0.4, 0.5) is 4.39 Å². The Morgan fingerprint density at radius 3 is 2.74 bits per heavy atom. The average Bonchev–Trinajstić information content (AvgIpc) is 2.38. The van der Waals surface area contributed by atoms with Crippen LogP contribution >= 0.6 is 0 Å². The van der Waals surface area contributed by atoms with E-state index in [0.717, 1.165) is 0 Å². The Labute approximate surface area is 115 Å². The third-order valence-corrected chi connectivity index (χ3v) is 3.73. The number of carbonyl (C=O) groups is 1. The third-order valence-electron chi connectivity index (χ3n) is 2.59. The molecule has 104 valence electrons. The molecule has 0 aliphatic carbocycles. The highest BCUT2D eigenvalue weighted by Gasteiger charge is 2.13. The van der Waals surface area contributed by atoms with Crippen LogP contribution in [0.5, 0.6) is 0 Å². The predicted molar refractivity (Wildman–Crippen MR) is 75.6 cm³/mol. The van der Waals surface area contributed by atoms with Crippen LogP contribution in [0.15, 0.2) is 36.4 Å². The third kappa shape index (κ3) is 5.34. The summed E-state index contributed by atoms with van der Waals surface area (Å²) in [5, 5.41) is 0. The van der Waals surface area contributed by atoms with E-state index in [1.54, 1.807) is 37.4 Å². The zero-order valence-corrected chi connectivity index (χ0v) is 12.0. The second-order valence-electron chi connectivity index (χ2n) is 4.16. The molecule has 19 heavy (non-hydrogen) atoms. The number of rotatable bonds is 6. The van der Waals surface area contributed by atoms with Crippen molar-refractivity contribution in [2.45, 2.75) is 13.5 Å². The molecule has 0 N–H and O–H groups in total. The van der Waals surface area contributed by atoms with Crippen molar-refractivity contribution in [1.82, 2.24) is 4.90 Å². The SMILES string of the molecule is C/C=C/C[S@@](=O)CC(=O)N(C)Cc1ccccc1F. The summed E-state index contributed by atoms with van der Waals surface area (Å²) in [5.41, 5.74) is 0.456. The van der Waals surface area contributed by atoms with E-state index >= 15 is 0 Å². The summed E-state index contributed by atoms with van der Waals surface area (Å²) in [7, 11) is 0.379. The molecule has 0 aliphatic heterocycles. The molecule has 3 nitrogen and oxygen atoms in total. The van der Waals surface area contributed by atoms with E-state index in [-0.39, 0.29) is 24.0 Å². The van der Waals surface area contributed by atoms with Gasteiger partial charge in [-0.1, -0.05) is 30.4 Å². The topological polar surface area (TPSA) is 37.4 Å². The van der Waals surface area contributed by atoms with Gasteiger partial charge in [0.15, 0.2) is 0 Å². The molecule has 0 saturated heterocycles. The minimum Gasteiger partial charge on any atom is -0.341 e. The summed E-state index contributed by atoms with van der Waals surface area (Å²) < 4.78 is 25.0. The van der Waals surface area contributed by atoms with Gasteiger partial charge in [-0.2, -0.15) is 0 Å². The Morgan fingerprint density at radius 2 is 2.11 bits per heavy atom. The van der Waals surface area contributed by atoms with Gasteiger partial charge in [0.1, 0.15) is 11.6 Å². The van der Waals surface area contributed by atoms with Crippen molar-refractivity contribution in [3.8, 4) is 0 Å². The normalized spacial score (nSPS) is 12.6. The lowest BCUT2D eigenvalue weighted by Gasteiger charge is -2.17. The Morgan fingerprint density at radius 1 is 1.42 bits per heavy atom. The Balaban J connectivity index is 2.54. The van der Waals surface area contributed by atoms with E-state index < -0.39 is 10.8 Å². The number of carbonyl (C=O) groups excluding carboxylic acids is 1. The molecule has 0 spiro atoms. The van der Waals surface area contributed by atoms with Gasteiger partial charge in [0.25, 0.3) is 0 Å². The Kier molecular flexibility index (Phi) is 6.42. The summed E-state index contributed by atoms with van der Waals surface area (Å²) in [6.07, 6.45) is 3.56. The molecule has 1 rings (SSSR count). The van der Waals surface area contributed by atoms with Gasteiger partial charge in [0.05, 0.1) is 0 Å². The van der Waals surface area contributed by atoms with Gasteiger partial charge in [0, 0.05) is 35.7 Å². The van der Waals surface area contributed by atoms with Crippen molar-refractivity contribution in [2.75, 3.05) is 18.6 Å². The van der Waals surface area contributed by atoms with Crippen LogP contribution in [0.3, 0.4) is 0 Å². The molecule has 5 heteroatoms. The zero-order valence-electron chi connectivity index (χ0n) is 11.1. The molecule has 1 aromatic rings. The van der Waals surface area contributed by atoms with Crippen molar-refractivity contribution >= 4 is 16.7 Å². The van der Waals surface area contributed by atoms with E-state index in [9.17, 15) is 13.4 Å². The number of halogens is 1. The van der Waals surface area contributed by atoms with E-state index in [4.69, 9.17) is 0 Å². The lowest BCUT2D eigenvalue weighted by atomic mass is 10.2. The predicted octanol–water partition coefficient (Wildman–Crippen LogP) is 2.11. The lowest BCUT2D eigenvalue weighted by Crippen LogP contribution is -2.31. The van der Waals surface area contributed by atoms with E-state index in [2.05, 4.69) is 0 Å². The second-order valence-corrected chi connectivity index (χ2v) is 5.66. The van der Waals surface area contributed by atoms with Crippen molar-refractivity contribution in [1.29, 1.82) is 0 Å². The monoisotopic (exact) mass is 283 g/mol. The van der Waals surface area contributed by atoms with Gasteiger partial charge >= 0.3 is 0 Å². The molecule has 1 aromatic carbocycles. The van der Waals surface area contributed by atoms with Crippen LogP contribution in [-0.2, 0) is 22.1 Å². The molecule has 0 aromatic heterocycles. The largest absolute Gasteiger partial charge is 0.341 e. The molecule has 0 fully saturated rings. The van der Waals surface area contributed by atoms with Crippen LogP contribution in [0, 0.1) is 5.82 Å². The highest BCUT2D eigenvalue weighted by Crippen LogP contribution is 2.09. The number of benzene rings is 1. The van der Waals surface area contributed by atoms with Crippen LogP contribution in [0.2, 0.25) is 0 Å². The summed E-state index contributed by atoms with van der Waals surface area (Å²) in [4.78, 5) is 13.2. The maximum atomic E-state index is 13.4. The van der Waals surface area contributed by atoms with Gasteiger partial charge in [0.2, 0.25) is 5.91 Å². The quantitative estimate of drug-likeness (QED) is 0.750. The van der Waals surface area contributed by atoms with Crippen LogP contribution in [0.1, 0.15) is 12.5 Å². The van der Waals surface area contributed by atoms with Crippen molar-refractivity contribution in [3.05, 3.63) is 47.8 Å². The maximum Gasteiger partial charge on any atom is 0.235 e. The average molecular weight is 283 g/mol. The van der Waals surface area contributed by atoms with Gasteiger partial charge in [-0.15, -0.1) is 0 Å². The molecular weight excluding hydrogens is 265 g/mol. The molecule has 0 heterocycles. The molecule has 0 radical (unpaired) electrons. The highest BCUT2D eigenvalue weighted by atomic mass is 32.2. The van der Waals surface area contributed by atoms with E-state index in [1.165, 1.54) is 11.0 Å². The smallest absolute Gasteiger partial charge is 0.235 e. The first-order valence-electron chi connectivity index (χ1n) is 5.98. The first kappa shape index (κ1) is 15.6. The zero-order chi connectivity index (χ0) is 14.3. The first-order chi connectivity index (χ1) is 9.04. The molecule has 0 aliphatic rings. The molecule has 1 amide bonds. The van der Waals surface area contributed by atoms with Crippen molar-refractivity contribution in [2.24, 2.45) is 0 Å². The first-order valence-corrected chi connectivity index (χ1v) is 7.47. The molecule has 0 bridgehead atoms. The second kappa shape index (κ2) is 7.84. The lowest BCUT2D eigenvalue weighted by molar-refractivity contribution is -0.127. The fraction of sp³-hybridized carbons (Fsp3) is 0.357.